The molecule has 0 aliphatic carbocycles. The van der Waals surface area contributed by atoms with E-state index in [0.29, 0.717) is 0 Å². The van der Waals surface area contributed by atoms with Crippen molar-refractivity contribution < 1.29 is 29.6 Å². The molecule has 0 fully saturated rings. The van der Waals surface area contributed by atoms with Gasteiger partial charge in [0.25, 0.3) is 0 Å². The summed E-state index contributed by atoms with van der Waals surface area (Å²) in [5, 5.41) is 0. The Balaban J connectivity index is 0.000000280. The molecule has 0 spiro atoms. The second-order valence-corrected chi connectivity index (χ2v) is 4.35. The third-order valence-corrected chi connectivity index (χ3v) is 2.18. The van der Waals surface area contributed by atoms with Gasteiger partial charge in [0, 0.05) is 12.4 Å². The van der Waals surface area contributed by atoms with Crippen LogP contribution in [-0.2, 0) is 24.4 Å². The van der Waals surface area contributed by atoms with Crippen LogP contribution < -0.4 is 0 Å². The first-order chi connectivity index (χ1) is 6.60. The van der Waals surface area contributed by atoms with Gasteiger partial charge >= 0.3 is 20.8 Å². The number of aryl methyl sites for hydroxylation is 1. The molecule has 0 unspecified atom stereocenters. The Morgan fingerprint density at radius 3 is 1.80 bits per heavy atom. The normalized spacial score (nSPS) is 11.7. The van der Waals surface area contributed by atoms with E-state index in [0.717, 1.165) is 5.82 Å². The van der Waals surface area contributed by atoms with Crippen molar-refractivity contribution in [1.82, 2.24) is 9.97 Å². The van der Waals surface area contributed by atoms with Crippen molar-refractivity contribution in [2.45, 2.75) is 6.92 Å². The minimum atomic E-state index is -5.12. The number of hydrogen-bond acceptors (Lipinski definition) is 6. The SMILES string of the molecule is Cc1ncc[nH]1.O=S(=O)(O)OS(=O)(=O)O. The predicted molar refractivity (Wildman–Crippen MR) is 47.5 cm³/mol. The molecule has 1 rings (SSSR count). The van der Waals surface area contributed by atoms with Crippen molar-refractivity contribution in [3.05, 3.63) is 18.2 Å². The second-order valence-electron chi connectivity index (χ2n) is 2.10. The fourth-order valence-electron chi connectivity index (χ4n) is 0.453. The van der Waals surface area contributed by atoms with Crippen LogP contribution in [0.15, 0.2) is 12.4 Å². The molecule has 0 radical (unpaired) electrons. The molecule has 11 heteroatoms. The maximum atomic E-state index is 9.44. The molecular formula is C4H8N2O7S2. The molecule has 88 valence electrons. The van der Waals surface area contributed by atoms with Crippen molar-refractivity contribution in [3.8, 4) is 0 Å². The second kappa shape index (κ2) is 5.18. The highest BCUT2D eigenvalue weighted by Crippen LogP contribution is 1.91. The Labute approximate surface area is 86.0 Å². The number of aromatic nitrogens is 2. The van der Waals surface area contributed by atoms with Gasteiger partial charge in [0.2, 0.25) is 0 Å². The lowest BCUT2D eigenvalue weighted by Crippen LogP contribution is -2.10. The molecule has 3 N–H and O–H groups in total. The summed E-state index contributed by atoms with van der Waals surface area (Å²) in [7, 11) is -10.2. The lowest BCUT2D eigenvalue weighted by Gasteiger charge is -1.89. The van der Waals surface area contributed by atoms with Gasteiger partial charge in [-0.1, -0.05) is 0 Å². The van der Waals surface area contributed by atoms with Crippen molar-refractivity contribution >= 4 is 20.8 Å². The molecule has 1 aromatic rings. The Kier molecular flexibility index (Phi) is 4.83. The highest BCUT2D eigenvalue weighted by atomic mass is 32.3. The van der Waals surface area contributed by atoms with E-state index >= 15 is 0 Å². The van der Waals surface area contributed by atoms with Crippen LogP contribution in [0.4, 0.5) is 0 Å². The van der Waals surface area contributed by atoms with E-state index in [2.05, 4.69) is 13.6 Å². The van der Waals surface area contributed by atoms with Gasteiger partial charge in [0.1, 0.15) is 5.82 Å². The Morgan fingerprint density at radius 2 is 1.73 bits per heavy atom. The van der Waals surface area contributed by atoms with E-state index < -0.39 is 20.8 Å². The van der Waals surface area contributed by atoms with E-state index in [1.54, 1.807) is 12.4 Å². The summed E-state index contributed by atoms with van der Waals surface area (Å²) in [6.07, 6.45) is 3.53. The molecular weight excluding hydrogens is 252 g/mol. The molecule has 0 aromatic carbocycles. The van der Waals surface area contributed by atoms with E-state index in [1.165, 1.54) is 0 Å². The quantitative estimate of drug-likeness (QED) is 0.593. The smallest absolute Gasteiger partial charge is 0.349 e. The maximum Gasteiger partial charge on any atom is 0.413 e. The topological polar surface area (TPSA) is 147 Å². The van der Waals surface area contributed by atoms with Gasteiger partial charge in [-0.05, 0) is 6.92 Å². The van der Waals surface area contributed by atoms with E-state index in [1.807, 2.05) is 6.92 Å². The zero-order valence-electron chi connectivity index (χ0n) is 7.35. The maximum absolute atomic E-state index is 9.44. The monoisotopic (exact) mass is 260 g/mol. The molecule has 0 amide bonds. The van der Waals surface area contributed by atoms with Crippen LogP contribution in [0.3, 0.4) is 0 Å². The highest BCUT2D eigenvalue weighted by Gasteiger charge is 2.15. The van der Waals surface area contributed by atoms with E-state index in [4.69, 9.17) is 9.11 Å². The zero-order chi connectivity index (χ0) is 12.1. The van der Waals surface area contributed by atoms with Crippen LogP contribution in [0, 0.1) is 6.92 Å². The van der Waals surface area contributed by atoms with Crippen molar-refractivity contribution in [3.63, 3.8) is 0 Å². The third kappa shape index (κ3) is 10.9. The number of hydrogen-bond donors (Lipinski definition) is 3. The van der Waals surface area contributed by atoms with Crippen molar-refractivity contribution in [1.29, 1.82) is 0 Å². The minimum absolute atomic E-state index is 0.968. The van der Waals surface area contributed by atoms with E-state index in [-0.39, 0.29) is 0 Å². The van der Waals surface area contributed by atoms with Crippen LogP contribution in [0.5, 0.6) is 0 Å². The molecule has 0 aliphatic rings. The van der Waals surface area contributed by atoms with Crippen LogP contribution in [0.2, 0.25) is 0 Å². The van der Waals surface area contributed by atoms with Crippen LogP contribution in [0.25, 0.3) is 0 Å². The van der Waals surface area contributed by atoms with Gasteiger partial charge in [0.05, 0.1) is 0 Å². The summed E-state index contributed by atoms with van der Waals surface area (Å²) in [6, 6.07) is 0. The number of rotatable bonds is 2. The van der Waals surface area contributed by atoms with Crippen molar-refractivity contribution in [2.75, 3.05) is 0 Å². The molecule has 1 heterocycles. The molecule has 0 atom stereocenters. The van der Waals surface area contributed by atoms with Gasteiger partial charge in [-0.3, -0.25) is 9.11 Å². The largest absolute Gasteiger partial charge is 0.413 e. The lowest BCUT2D eigenvalue weighted by molar-refractivity contribution is 0.344. The first kappa shape index (κ1) is 14.0. The Hall–Kier alpha value is -1.01. The summed E-state index contributed by atoms with van der Waals surface area (Å²) in [5.74, 6) is 0.968. The number of imidazole rings is 1. The molecule has 0 saturated heterocycles. The predicted octanol–water partition coefficient (Wildman–Crippen LogP) is -0.673. The zero-order valence-corrected chi connectivity index (χ0v) is 8.99. The molecule has 0 saturated carbocycles. The average Bonchev–Trinajstić information content (AvgIpc) is 2.31. The third-order valence-electron chi connectivity index (χ3n) is 0.807. The lowest BCUT2D eigenvalue weighted by atomic mass is 10.8. The summed E-state index contributed by atoms with van der Waals surface area (Å²) in [4.78, 5) is 6.75. The summed E-state index contributed by atoms with van der Waals surface area (Å²) in [5.41, 5.74) is 0. The first-order valence-corrected chi connectivity index (χ1v) is 5.95. The highest BCUT2D eigenvalue weighted by molar-refractivity contribution is 7.94. The van der Waals surface area contributed by atoms with Gasteiger partial charge < -0.3 is 4.98 Å². The van der Waals surface area contributed by atoms with Gasteiger partial charge in [-0.15, -0.1) is 3.63 Å². The molecule has 9 nitrogen and oxygen atoms in total. The average molecular weight is 260 g/mol. The number of nitrogens with zero attached hydrogens (tertiary/aromatic N) is 1. The minimum Gasteiger partial charge on any atom is -0.349 e. The molecule has 1 aromatic heterocycles. The van der Waals surface area contributed by atoms with Crippen LogP contribution in [0.1, 0.15) is 5.82 Å². The fraction of sp³-hybridized carbons (Fsp3) is 0.250. The first-order valence-electron chi connectivity index (χ1n) is 3.22. The van der Waals surface area contributed by atoms with Gasteiger partial charge in [-0.25, -0.2) is 4.98 Å². The molecule has 0 bridgehead atoms. The standard InChI is InChI=1S/C4H6N2.H2O7S2/c1-4-5-2-3-6-4;1-8(2,3)7-9(4,5)6/h2-3H,1H3,(H,5,6);(H,1,2,3)(H,4,5,6). The number of aromatic amines is 1. The molecule has 0 aliphatic heterocycles. The van der Waals surface area contributed by atoms with Crippen LogP contribution in [-0.4, -0.2) is 35.9 Å². The summed E-state index contributed by atoms with van der Waals surface area (Å²) in [6.45, 7) is 1.92. The summed E-state index contributed by atoms with van der Waals surface area (Å²) < 4.78 is 55.6. The van der Waals surface area contributed by atoms with Gasteiger partial charge in [-0.2, -0.15) is 16.8 Å². The fourth-order valence-corrected chi connectivity index (χ4v) is 1.32. The Bertz CT molecular complexity index is 443. The molecule has 15 heavy (non-hydrogen) atoms. The number of H-pyrrole nitrogens is 1. The summed E-state index contributed by atoms with van der Waals surface area (Å²) >= 11 is 0. The van der Waals surface area contributed by atoms with E-state index in [9.17, 15) is 16.8 Å². The van der Waals surface area contributed by atoms with Crippen LogP contribution >= 0.6 is 0 Å². The van der Waals surface area contributed by atoms with Gasteiger partial charge in [0.15, 0.2) is 0 Å². The Morgan fingerprint density at radius 1 is 1.27 bits per heavy atom. The van der Waals surface area contributed by atoms with Crippen molar-refractivity contribution in [2.24, 2.45) is 0 Å². The number of nitrogens with one attached hydrogen (secondary N) is 1.